The SMILES string of the molecule is CO[C@]1(c2ccccc2)C(c2ccccc2)=C(C)C(c2ccccc2)=[N+]1[O-]. The topological polar surface area (TPSA) is 35.3 Å². The van der Waals surface area contributed by atoms with Gasteiger partial charge in [0.05, 0.1) is 11.1 Å². The number of benzene rings is 3. The van der Waals surface area contributed by atoms with Gasteiger partial charge in [0, 0.05) is 18.2 Å². The Labute approximate surface area is 159 Å². The number of rotatable bonds is 4. The molecule has 1 atom stereocenters. The van der Waals surface area contributed by atoms with E-state index in [-0.39, 0.29) is 0 Å². The van der Waals surface area contributed by atoms with Gasteiger partial charge in [-0.3, -0.25) is 0 Å². The van der Waals surface area contributed by atoms with Crippen molar-refractivity contribution < 1.29 is 9.48 Å². The zero-order valence-corrected chi connectivity index (χ0v) is 15.4. The van der Waals surface area contributed by atoms with Gasteiger partial charge in [-0.1, -0.05) is 66.7 Å². The Bertz CT molecular complexity index is 1010. The van der Waals surface area contributed by atoms with Crippen LogP contribution in [-0.4, -0.2) is 17.6 Å². The number of ether oxygens (including phenoxy) is 1. The summed E-state index contributed by atoms with van der Waals surface area (Å²) < 4.78 is 7.04. The Morgan fingerprint density at radius 3 is 1.74 bits per heavy atom. The van der Waals surface area contributed by atoms with Gasteiger partial charge >= 0.3 is 5.72 Å². The van der Waals surface area contributed by atoms with Gasteiger partial charge in [-0.05, 0) is 36.8 Å². The van der Waals surface area contributed by atoms with Crippen LogP contribution in [0.4, 0.5) is 0 Å². The van der Waals surface area contributed by atoms with Gasteiger partial charge in [-0.25, -0.2) is 0 Å². The molecule has 0 unspecified atom stereocenters. The highest BCUT2D eigenvalue weighted by atomic mass is 16.6. The number of hydroxylamine groups is 1. The first-order chi connectivity index (χ1) is 13.2. The van der Waals surface area contributed by atoms with Crippen LogP contribution in [0.1, 0.15) is 23.6 Å². The fourth-order valence-corrected chi connectivity index (χ4v) is 3.96. The lowest BCUT2D eigenvalue weighted by Crippen LogP contribution is -2.38. The Balaban J connectivity index is 2.06. The van der Waals surface area contributed by atoms with E-state index in [9.17, 15) is 5.21 Å². The predicted octanol–water partition coefficient (Wildman–Crippen LogP) is 4.97. The maximum Gasteiger partial charge on any atom is 0.332 e. The van der Waals surface area contributed by atoms with E-state index in [1.54, 1.807) is 7.11 Å². The van der Waals surface area contributed by atoms with Gasteiger partial charge in [0.15, 0.2) is 0 Å². The third-order valence-electron chi connectivity index (χ3n) is 5.13. The second-order valence-electron chi connectivity index (χ2n) is 6.59. The van der Waals surface area contributed by atoms with Crippen molar-refractivity contribution in [2.24, 2.45) is 0 Å². The average molecular weight is 355 g/mol. The van der Waals surface area contributed by atoms with Crippen molar-refractivity contribution >= 4 is 11.3 Å². The predicted molar refractivity (Wildman–Crippen MR) is 108 cm³/mol. The largest absolute Gasteiger partial charge is 0.621 e. The first-order valence-electron chi connectivity index (χ1n) is 8.97. The van der Waals surface area contributed by atoms with Crippen LogP contribution >= 0.6 is 0 Å². The third kappa shape index (κ3) is 2.59. The third-order valence-corrected chi connectivity index (χ3v) is 5.13. The quantitative estimate of drug-likeness (QED) is 0.489. The molecule has 1 aliphatic heterocycles. The monoisotopic (exact) mass is 355 g/mol. The molecule has 0 spiro atoms. The summed E-state index contributed by atoms with van der Waals surface area (Å²) in [5, 5.41) is 13.8. The molecule has 3 nitrogen and oxygen atoms in total. The molecular formula is C24H21NO2. The van der Waals surface area contributed by atoms with Crippen molar-refractivity contribution in [3.63, 3.8) is 0 Å². The van der Waals surface area contributed by atoms with Crippen LogP contribution in [0.25, 0.3) is 5.57 Å². The lowest BCUT2D eigenvalue weighted by atomic mass is 9.87. The second kappa shape index (κ2) is 6.86. The Kier molecular flexibility index (Phi) is 4.38. The Morgan fingerprint density at radius 2 is 1.22 bits per heavy atom. The average Bonchev–Trinajstić information content (AvgIpc) is 2.97. The summed E-state index contributed by atoms with van der Waals surface area (Å²) in [4.78, 5) is 0. The van der Waals surface area contributed by atoms with Crippen molar-refractivity contribution in [3.8, 4) is 0 Å². The van der Waals surface area contributed by atoms with E-state index < -0.39 is 5.72 Å². The fourth-order valence-electron chi connectivity index (χ4n) is 3.96. The molecular weight excluding hydrogens is 334 g/mol. The molecule has 0 saturated heterocycles. The lowest BCUT2D eigenvalue weighted by Gasteiger charge is -2.30. The van der Waals surface area contributed by atoms with Crippen LogP contribution in [-0.2, 0) is 10.5 Å². The standard InChI is InChI=1S/C24H21NO2/c1-18-22(19-12-6-3-7-13-19)24(27-2,21-16-10-5-11-17-21)25(26)23(18)20-14-8-4-9-15-20/h3-17H,1-2H3/t24-/m1/s1. The van der Waals surface area contributed by atoms with Crippen LogP contribution in [0, 0.1) is 5.21 Å². The van der Waals surface area contributed by atoms with Gasteiger partial charge in [0.2, 0.25) is 5.71 Å². The molecule has 1 heterocycles. The molecule has 1 aliphatic rings. The van der Waals surface area contributed by atoms with Gasteiger partial charge in [0.25, 0.3) is 0 Å². The molecule has 27 heavy (non-hydrogen) atoms. The van der Waals surface area contributed by atoms with E-state index in [2.05, 4.69) is 0 Å². The van der Waals surface area contributed by atoms with E-state index in [0.717, 1.165) is 32.6 Å². The van der Waals surface area contributed by atoms with E-state index in [0.29, 0.717) is 5.71 Å². The molecule has 0 aromatic heterocycles. The summed E-state index contributed by atoms with van der Waals surface area (Å²) in [5.41, 5.74) is 3.89. The minimum atomic E-state index is -1.22. The highest BCUT2D eigenvalue weighted by Gasteiger charge is 2.54. The van der Waals surface area contributed by atoms with Crippen molar-refractivity contribution in [2.75, 3.05) is 7.11 Å². The highest BCUT2D eigenvalue weighted by molar-refractivity contribution is 6.16. The molecule has 3 heteroatoms. The van der Waals surface area contributed by atoms with E-state index in [1.165, 1.54) is 0 Å². The van der Waals surface area contributed by atoms with Crippen molar-refractivity contribution in [1.82, 2.24) is 0 Å². The summed E-state index contributed by atoms with van der Waals surface area (Å²) in [7, 11) is 1.60. The van der Waals surface area contributed by atoms with Gasteiger partial charge in [-0.15, -0.1) is 0 Å². The second-order valence-corrected chi connectivity index (χ2v) is 6.59. The van der Waals surface area contributed by atoms with Crippen molar-refractivity contribution in [1.29, 1.82) is 0 Å². The zero-order chi connectivity index (χ0) is 18.9. The normalized spacial score (nSPS) is 19.6. The van der Waals surface area contributed by atoms with E-state index in [4.69, 9.17) is 4.74 Å². The van der Waals surface area contributed by atoms with E-state index >= 15 is 0 Å². The maximum atomic E-state index is 13.8. The summed E-state index contributed by atoms with van der Waals surface area (Å²) in [6.07, 6.45) is 0. The van der Waals surface area contributed by atoms with Crippen LogP contribution < -0.4 is 0 Å². The first kappa shape index (κ1) is 17.3. The highest BCUT2D eigenvalue weighted by Crippen LogP contribution is 2.47. The molecule has 4 rings (SSSR count). The number of hydrogen-bond donors (Lipinski definition) is 0. The number of hydrogen-bond acceptors (Lipinski definition) is 2. The van der Waals surface area contributed by atoms with Crippen LogP contribution in [0.15, 0.2) is 96.6 Å². The Morgan fingerprint density at radius 1 is 0.741 bits per heavy atom. The number of allylic oxidation sites excluding steroid dienone is 1. The first-order valence-corrected chi connectivity index (χ1v) is 8.97. The van der Waals surface area contributed by atoms with Crippen molar-refractivity contribution in [3.05, 3.63) is 118 Å². The molecule has 0 aliphatic carbocycles. The molecule has 0 saturated carbocycles. The summed E-state index contributed by atoms with van der Waals surface area (Å²) in [6, 6.07) is 29.4. The summed E-state index contributed by atoms with van der Waals surface area (Å²) in [5.74, 6) is 0. The summed E-state index contributed by atoms with van der Waals surface area (Å²) >= 11 is 0. The van der Waals surface area contributed by atoms with Crippen LogP contribution in [0.5, 0.6) is 0 Å². The molecule has 134 valence electrons. The molecule has 0 N–H and O–H groups in total. The Hall–Kier alpha value is -3.17. The minimum Gasteiger partial charge on any atom is -0.621 e. The fraction of sp³-hybridized carbons (Fsp3) is 0.125. The van der Waals surface area contributed by atoms with Crippen molar-refractivity contribution in [2.45, 2.75) is 12.6 Å². The minimum absolute atomic E-state index is 0.639. The number of methoxy groups -OCH3 is 1. The van der Waals surface area contributed by atoms with Gasteiger partial charge < -0.3 is 9.94 Å². The van der Waals surface area contributed by atoms with Crippen LogP contribution in [0.3, 0.4) is 0 Å². The molecule has 3 aromatic rings. The zero-order valence-electron chi connectivity index (χ0n) is 15.4. The number of nitrogens with zero attached hydrogens (tertiary/aromatic N) is 1. The van der Waals surface area contributed by atoms with Gasteiger partial charge in [-0.2, -0.15) is 4.74 Å². The van der Waals surface area contributed by atoms with Crippen LogP contribution in [0.2, 0.25) is 0 Å². The molecule has 0 amide bonds. The lowest BCUT2D eigenvalue weighted by molar-refractivity contribution is -0.595. The molecule has 0 fully saturated rings. The van der Waals surface area contributed by atoms with Gasteiger partial charge in [0.1, 0.15) is 0 Å². The smallest absolute Gasteiger partial charge is 0.332 e. The molecule has 3 aromatic carbocycles. The maximum absolute atomic E-state index is 13.8. The summed E-state index contributed by atoms with van der Waals surface area (Å²) in [6.45, 7) is 2.00. The van der Waals surface area contributed by atoms with E-state index in [1.807, 2.05) is 97.9 Å². The molecule has 0 radical (unpaired) electrons. The molecule has 0 bridgehead atoms.